The van der Waals surface area contributed by atoms with Crippen LogP contribution in [0.15, 0.2) is 29.4 Å². The van der Waals surface area contributed by atoms with Crippen LogP contribution in [0.4, 0.5) is 0 Å². The van der Waals surface area contributed by atoms with E-state index in [0.29, 0.717) is 19.4 Å². The second-order valence-electron chi connectivity index (χ2n) is 4.95. The van der Waals surface area contributed by atoms with E-state index in [9.17, 15) is 4.79 Å². The Morgan fingerprint density at radius 2 is 2.10 bits per heavy atom. The van der Waals surface area contributed by atoms with Crippen molar-refractivity contribution in [1.82, 2.24) is 5.32 Å². The number of nitrogens with zero attached hydrogens (tertiary/aromatic N) is 1. The number of hydrogen-bond donors (Lipinski definition) is 3. The van der Waals surface area contributed by atoms with Crippen molar-refractivity contribution in [2.75, 3.05) is 7.11 Å². The van der Waals surface area contributed by atoms with Crippen molar-refractivity contribution in [3.8, 4) is 5.75 Å². The average Bonchev–Trinajstić information content (AvgIpc) is 2.44. The molecule has 6 nitrogen and oxygen atoms in total. The molecule has 0 spiro atoms. The van der Waals surface area contributed by atoms with Gasteiger partial charge in [0.2, 0.25) is 5.91 Å². The maximum Gasteiger partial charge on any atom is 0.234 e. The van der Waals surface area contributed by atoms with E-state index in [1.54, 1.807) is 7.11 Å². The fraction of sp³-hybridized carbons (Fsp3) is 0.429. The minimum Gasteiger partial charge on any atom is -0.497 e. The first kappa shape index (κ1) is 14.2. The monoisotopic (exact) mass is 277 g/mol. The molecule has 20 heavy (non-hydrogen) atoms. The largest absolute Gasteiger partial charge is 0.497 e. The molecule has 108 valence electrons. The maximum atomic E-state index is 12.2. The van der Waals surface area contributed by atoms with Gasteiger partial charge in [-0.2, -0.15) is 0 Å². The van der Waals surface area contributed by atoms with Gasteiger partial charge in [-0.15, -0.1) is 0 Å². The lowest BCUT2D eigenvalue weighted by Gasteiger charge is -2.38. The van der Waals surface area contributed by atoms with Crippen molar-refractivity contribution in [2.24, 2.45) is 16.3 Å². The zero-order valence-electron chi connectivity index (χ0n) is 11.4. The summed E-state index contributed by atoms with van der Waals surface area (Å²) < 4.78 is 5.07. The highest BCUT2D eigenvalue weighted by molar-refractivity contribution is 6.07. The molecule has 0 bridgehead atoms. The molecule has 1 fully saturated rings. The van der Waals surface area contributed by atoms with E-state index >= 15 is 0 Å². The lowest BCUT2D eigenvalue weighted by Crippen LogP contribution is -2.53. The Balaban J connectivity index is 1.97. The first-order valence-electron chi connectivity index (χ1n) is 6.51. The highest BCUT2D eigenvalue weighted by Crippen LogP contribution is 2.41. The molecule has 0 aromatic heterocycles. The molecule has 0 radical (unpaired) electrons. The van der Waals surface area contributed by atoms with Crippen LogP contribution in [0.5, 0.6) is 5.75 Å². The summed E-state index contributed by atoms with van der Waals surface area (Å²) in [7, 11) is 1.61. The van der Waals surface area contributed by atoms with Gasteiger partial charge in [-0.3, -0.25) is 4.79 Å². The van der Waals surface area contributed by atoms with Crippen molar-refractivity contribution < 1.29 is 14.7 Å². The molecule has 4 N–H and O–H groups in total. The van der Waals surface area contributed by atoms with Crippen LogP contribution in [-0.4, -0.2) is 24.1 Å². The van der Waals surface area contributed by atoms with Crippen molar-refractivity contribution in [2.45, 2.75) is 25.8 Å². The smallest absolute Gasteiger partial charge is 0.234 e. The molecular weight excluding hydrogens is 258 g/mol. The Kier molecular flexibility index (Phi) is 4.12. The first-order chi connectivity index (χ1) is 9.62. The topological polar surface area (TPSA) is 96.9 Å². The number of oxime groups is 1. The third-order valence-electron chi connectivity index (χ3n) is 3.85. The number of hydrogen-bond acceptors (Lipinski definition) is 4. The van der Waals surface area contributed by atoms with Crippen LogP contribution in [0.25, 0.3) is 0 Å². The maximum absolute atomic E-state index is 12.2. The van der Waals surface area contributed by atoms with Crippen molar-refractivity contribution in [3.63, 3.8) is 0 Å². The zero-order chi connectivity index (χ0) is 14.6. The van der Waals surface area contributed by atoms with E-state index in [0.717, 1.165) is 17.7 Å². The number of benzene rings is 1. The minimum absolute atomic E-state index is 0.00372. The lowest BCUT2D eigenvalue weighted by molar-refractivity contribution is -0.131. The van der Waals surface area contributed by atoms with E-state index in [-0.39, 0.29) is 11.7 Å². The SMILES string of the molecule is COc1ccc(CNC(=O)C2(/C(N)=N/O)CCC2)cc1. The summed E-state index contributed by atoms with van der Waals surface area (Å²) in [6.07, 6.45) is 2.15. The summed E-state index contributed by atoms with van der Waals surface area (Å²) in [6, 6.07) is 7.44. The summed E-state index contributed by atoms with van der Waals surface area (Å²) in [5, 5.41) is 14.6. The number of carbonyl (C=O) groups is 1. The van der Waals surface area contributed by atoms with Crippen molar-refractivity contribution in [1.29, 1.82) is 0 Å². The fourth-order valence-electron chi connectivity index (χ4n) is 2.32. The zero-order valence-corrected chi connectivity index (χ0v) is 11.4. The molecule has 0 heterocycles. The Labute approximate surface area is 117 Å². The number of amides is 1. The first-order valence-corrected chi connectivity index (χ1v) is 6.51. The van der Waals surface area contributed by atoms with Gasteiger partial charge in [-0.25, -0.2) is 0 Å². The van der Waals surface area contributed by atoms with E-state index < -0.39 is 5.41 Å². The van der Waals surface area contributed by atoms with Crippen LogP contribution in [-0.2, 0) is 11.3 Å². The number of rotatable bonds is 5. The molecule has 0 aliphatic heterocycles. The van der Waals surface area contributed by atoms with Gasteiger partial charge in [0.15, 0.2) is 5.84 Å². The third kappa shape index (κ3) is 2.54. The summed E-state index contributed by atoms with van der Waals surface area (Å²) in [5.41, 5.74) is 5.78. The Morgan fingerprint density at radius 3 is 2.55 bits per heavy atom. The molecule has 6 heteroatoms. The van der Waals surface area contributed by atoms with E-state index in [2.05, 4.69) is 10.5 Å². The molecule has 0 atom stereocenters. The summed E-state index contributed by atoms with van der Waals surface area (Å²) in [5.74, 6) is 0.582. The summed E-state index contributed by atoms with van der Waals surface area (Å²) in [4.78, 5) is 12.2. The Bertz CT molecular complexity index is 507. The van der Waals surface area contributed by atoms with Gasteiger partial charge in [0, 0.05) is 6.54 Å². The second kappa shape index (κ2) is 5.81. The summed E-state index contributed by atoms with van der Waals surface area (Å²) >= 11 is 0. The number of ether oxygens (including phenoxy) is 1. The molecule has 1 aromatic carbocycles. The van der Waals surface area contributed by atoms with Crippen LogP contribution < -0.4 is 15.8 Å². The van der Waals surface area contributed by atoms with Gasteiger partial charge >= 0.3 is 0 Å². The molecule has 1 amide bonds. The van der Waals surface area contributed by atoms with E-state index in [1.165, 1.54) is 0 Å². The predicted octanol–water partition coefficient (Wildman–Crippen LogP) is 1.23. The van der Waals surface area contributed by atoms with Crippen LogP contribution in [0.2, 0.25) is 0 Å². The van der Waals surface area contributed by atoms with Gasteiger partial charge in [0.25, 0.3) is 0 Å². The normalized spacial score (nSPS) is 17.1. The molecule has 1 saturated carbocycles. The summed E-state index contributed by atoms with van der Waals surface area (Å²) in [6.45, 7) is 0.406. The van der Waals surface area contributed by atoms with Crippen molar-refractivity contribution in [3.05, 3.63) is 29.8 Å². The number of nitrogens with one attached hydrogen (secondary N) is 1. The molecule has 2 rings (SSSR count). The van der Waals surface area contributed by atoms with Gasteiger partial charge < -0.3 is 21.0 Å². The van der Waals surface area contributed by atoms with Gasteiger partial charge in [-0.1, -0.05) is 23.7 Å². The van der Waals surface area contributed by atoms with Crippen molar-refractivity contribution >= 4 is 11.7 Å². The van der Waals surface area contributed by atoms with E-state index in [4.69, 9.17) is 15.7 Å². The fourth-order valence-corrected chi connectivity index (χ4v) is 2.32. The quantitative estimate of drug-likeness (QED) is 0.326. The standard InChI is InChI=1S/C14H19N3O3/c1-20-11-5-3-10(4-6-11)9-16-13(18)14(7-2-8-14)12(15)17-19/h3-6,19H,2,7-9H2,1H3,(H2,15,17)(H,16,18). The Hall–Kier alpha value is -2.24. The van der Waals surface area contributed by atoms with Crippen LogP contribution >= 0.6 is 0 Å². The number of nitrogens with two attached hydrogens (primary N) is 1. The number of methoxy groups -OCH3 is 1. The molecule has 1 aliphatic rings. The van der Waals surface area contributed by atoms with Gasteiger partial charge in [-0.05, 0) is 30.5 Å². The molecular formula is C14H19N3O3. The van der Waals surface area contributed by atoms with Crippen LogP contribution in [0.1, 0.15) is 24.8 Å². The predicted molar refractivity (Wildman–Crippen MR) is 74.5 cm³/mol. The van der Waals surface area contributed by atoms with Gasteiger partial charge in [0.05, 0.1) is 7.11 Å². The van der Waals surface area contributed by atoms with Crippen LogP contribution in [0, 0.1) is 5.41 Å². The van der Waals surface area contributed by atoms with Gasteiger partial charge in [0.1, 0.15) is 11.2 Å². The molecule has 1 aromatic rings. The Morgan fingerprint density at radius 1 is 1.45 bits per heavy atom. The molecule has 0 unspecified atom stereocenters. The lowest BCUT2D eigenvalue weighted by atomic mass is 9.67. The van der Waals surface area contributed by atoms with E-state index in [1.807, 2.05) is 24.3 Å². The number of carbonyl (C=O) groups excluding carboxylic acids is 1. The highest BCUT2D eigenvalue weighted by atomic mass is 16.5. The second-order valence-corrected chi connectivity index (χ2v) is 4.95. The van der Waals surface area contributed by atoms with Crippen LogP contribution in [0.3, 0.4) is 0 Å². The number of amidine groups is 1. The highest BCUT2D eigenvalue weighted by Gasteiger charge is 2.48. The average molecular weight is 277 g/mol. The molecule has 0 saturated heterocycles. The minimum atomic E-state index is -0.832. The molecule has 1 aliphatic carbocycles. The third-order valence-corrected chi connectivity index (χ3v) is 3.85.